The third kappa shape index (κ3) is 3.07. The van der Waals surface area contributed by atoms with Crippen LogP contribution in [0.5, 0.6) is 0 Å². The fourth-order valence-corrected chi connectivity index (χ4v) is 3.71. The Balaban J connectivity index is 1.63. The van der Waals surface area contributed by atoms with Gasteiger partial charge in [0, 0.05) is 38.9 Å². The molecule has 6 heteroatoms. The first-order valence-electron chi connectivity index (χ1n) is 9.27. The highest BCUT2D eigenvalue weighted by Gasteiger charge is 2.41. The number of amides is 2. The molecule has 1 saturated heterocycles. The van der Waals surface area contributed by atoms with E-state index >= 15 is 0 Å². The molecule has 1 fully saturated rings. The number of benzene rings is 1. The van der Waals surface area contributed by atoms with Crippen molar-refractivity contribution in [3.63, 3.8) is 0 Å². The molecule has 2 aliphatic heterocycles. The molecule has 27 heavy (non-hydrogen) atoms. The minimum absolute atomic E-state index is 0.187. The first-order chi connectivity index (χ1) is 13.2. The molecule has 0 atom stereocenters. The van der Waals surface area contributed by atoms with E-state index in [2.05, 4.69) is 14.8 Å². The Morgan fingerprint density at radius 2 is 1.52 bits per heavy atom. The molecule has 4 rings (SSSR count). The Labute approximate surface area is 158 Å². The molecule has 6 nitrogen and oxygen atoms in total. The number of piperazine rings is 1. The smallest absolute Gasteiger partial charge is 0.277 e. The van der Waals surface area contributed by atoms with Gasteiger partial charge in [-0.15, -0.1) is 0 Å². The lowest BCUT2D eigenvalue weighted by Gasteiger charge is -2.37. The minimum Gasteiger partial charge on any atom is -0.363 e. The number of pyridine rings is 1. The lowest BCUT2D eigenvalue weighted by molar-refractivity contribution is -0.137. The number of hydrogen-bond donors (Lipinski definition) is 0. The number of carbonyl (C=O) groups excluding carboxylic acids is 2. The van der Waals surface area contributed by atoms with E-state index in [1.54, 1.807) is 6.20 Å². The Kier molecular flexibility index (Phi) is 4.62. The molecule has 0 bridgehead atoms. The Hall–Kier alpha value is -3.15. The molecule has 1 aromatic carbocycles. The number of anilines is 1. The summed E-state index contributed by atoms with van der Waals surface area (Å²) in [5.74, 6) is 0.557. The number of hydrogen-bond acceptors (Lipinski definition) is 5. The van der Waals surface area contributed by atoms with Crippen LogP contribution in [0.4, 0.5) is 5.82 Å². The van der Waals surface area contributed by atoms with Crippen molar-refractivity contribution in [3.8, 4) is 0 Å². The normalized spacial score (nSPS) is 17.9. The van der Waals surface area contributed by atoms with Gasteiger partial charge in [0.1, 0.15) is 11.5 Å². The van der Waals surface area contributed by atoms with Gasteiger partial charge in [0.2, 0.25) is 0 Å². The van der Waals surface area contributed by atoms with Crippen LogP contribution in [0.25, 0.3) is 5.57 Å². The van der Waals surface area contributed by atoms with E-state index in [0.717, 1.165) is 24.5 Å². The summed E-state index contributed by atoms with van der Waals surface area (Å²) < 4.78 is 0. The van der Waals surface area contributed by atoms with Crippen LogP contribution in [0.1, 0.15) is 12.5 Å². The van der Waals surface area contributed by atoms with Crippen LogP contribution in [0.15, 0.2) is 60.4 Å². The van der Waals surface area contributed by atoms with Gasteiger partial charge in [-0.05, 0) is 24.6 Å². The van der Waals surface area contributed by atoms with E-state index in [9.17, 15) is 9.59 Å². The van der Waals surface area contributed by atoms with Crippen LogP contribution < -0.4 is 4.90 Å². The third-order valence-electron chi connectivity index (χ3n) is 5.09. The zero-order valence-corrected chi connectivity index (χ0v) is 15.3. The Morgan fingerprint density at radius 3 is 2.15 bits per heavy atom. The number of rotatable bonds is 4. The van der Waals surface area contributed by atoms with E-state index in [1.807, 2.05) is 55.5 Å². The molecule has 2 amide bonds. The molecule has 0 spiro atoms. The van der Waals surface area contributed by atoms with Gasteiger partial charge < -0.3 is 9.80 Å². The number of carbonyl (C=O) groups is 2. The van der Waals surface area contributed by atoms with E-state index in [4.69, 9.17) is 0 Å². The summed E-state index contributed by atoms with van der Waals surface area (Å²) in [6.07, 6.45) is 1.79. The van der Waals surface area contributed by atoms with E-state index in [1.165, 1.54) is 4.90 Å². The highest BCUT2D eigenvalue weighted by Crippen LogP contribution is 2.32. The van der Waals surface area contributed by atoms with E-state index < -0.39 is 0 Å². The van der Waals surface area contributed by atoms with E-state index in [0.29, 0.717) is 30.9 Å². The summed E-state index contributed by atoms with van der Waals surface area (Å²) in [7, 11) is 0. The van der Waals surface area contributed by atoms with E-state index in [-0.39, 0.29) is 11.8 Å². The van der Waals surface area contributed by atoms with Gasteiger partial charge in [-0.25, -0.2) is 4.98 Å². The summed E-state index contributed by atoms with van der Waals surface area (Å²) in [6.45, 7) is 5.09. The topological polar surface area (TPSA) is 56.8 Å². The molecule has 0 unspecified atom stereocenters. The third-order valence-corrected chi connectivity index (χ3v) is 5.09. The molecule has 2 aliphatic rings. The summed E-state index contributed by atoms with van der Waals surface area (Å²) in [6, 6.07) is 15.4. The average molecular weight is 362 g/mol. The Morgan fingerprint density at radius 1 is 0.852 bits per heavy atom. The number of imide groups is 1. The molecule has 2 aromatic rings. The molecule has 3 heterocycles. The van der Waals surface area contributed by atoms with Crippen LogP contribution >= 0.6 is 0 Å². The summed E-state index contributed by atoms with van der Waals surface area (Å²) in [5, 5.41) is 0. The maximum absolute atomic E-state index is 13.0. The lowest BCUT2D eigenvalue weighted by Crippen LogP contribution is -2.47. The average Bonchev–Trinajstić information content (AvgIpc) is 2.99. The summed E-state index contributed by atoms with van der Waals surface area (Å²) in [5.41, 5.74) is 1.86. The highest BCUT2D eigenvalue weighted by atomic mass is 16.2. The summed E-state index contributed by atoms with van der Waals surface area (Å²) in [4.78, 5) is 35.8. The van der Waals surface area contributed by atoms with Gasteiger partial charge >= 0.3 is 0 Å². The van der Waals surface area contributed by atoms with Crippen molar-refractivity contribution in [1.29, 1.82) is 0 Å². The van der Waals surface area contributed by atoms with Crippen molar-refractivity contribution in [2.75, 3.05) is 37.6 Å². The molecule has 0 radical (unpaired) electrons. The van der Waals surface area contributed by atoms with Crippen LogP contribution in [0, 0.1) is 0 Å². The van der Waals surface area contributed by atoms with Crippen molar-refractivity contribution in [2.24, 2.45) is 0 Å². The zero-order chi connectivity index (χ0) is 18.8. The maximum atomic E-state index is 13.0. The predicted octanol–water partition coefficient (Wildman–Crippen LogP) is 2.00. The lowest BCUT2D eigenvalue weighted by atomic mass is 10.0. The second kappa shape index (κ2) is 7.23. The number of nitrogens with zero attached hydrogens (tertiary/aromatic N) is 4. The first kappa shape index (κ1) is 17.3. The standard InChI is InChI=1S/C21H22N4O2/c1-2-25-20(26)18(16-8-4-3-5-9-16)19(21(25)27)24-14-12-23(13-15-24)17-10-6-7-11-22-17/h3-11H,2,12-15H2,1H3. The second-order valence-electron chi connectivity index (χ2n) is 6.61. The van der Waals surface area contributed by atoms with Crippen LogP contribution in [0.2, 0.25) is 0 Å². The van der Waals surface area contributed by atoms with Gasteiger partial charge in [0.05, 0.1) is 5.57 Å². The quantitative estimate of drug-likeness (QED) is 0.779. The predicted molar refractivity (Wildman–Crippen MR) is 104 cm³/mol. The van der Waals surface area contributed by atoms with Crippen molar-refractivity contribution >= 4 is 23.2 Å². The fourth-order valence-electron chi connectivity index (χ4n) is 3.71. The minimum atomic E-state index is -0.198. The van der Waals surface area contributed by atoms with Crippen LogP contribution in [-0.2, 0) is 9.59 Å². The van der Waals surface area contributed by atoms with Gasteiger partial charge in [-0.1, -0.05) is 36.4 Å². The van der Waals surface area contributed by atoms with Crippen molar-refractivity contribution in [3.05, 3.63) is 66.0 Å². The van der Waals surface area contributed by atoms with Gasteiger partial charge in [0.15, 0.2) is 0 Å². The fraction of sp³-hybridized carbons (Fsp3) is 0.286. The second-order valence-corrected chi connectivity index (χ2v) is 6.61. The molecule has 1 aromatic heterocycles. The monoisotopic (exact) mass is 362 g/mol. The van der Waals surface area contributed by atoms with Gasteiger partial charge in [0.25, 0.3) is 11.8 Å². The van der Waals surface area contributed by atoms with Crippen molar-refractivity contribution < 1.29 is 9.59 Å². The van der Waals surface area contributed by atoms with Crippen molar-refractivity contribution in [2.45, 2.75) is 6.92 Å². The van der Waals surface area contributed by atoms with Crippen molar-refractivity contribution in [1.82, 2.24) is 14.8 Å². The zero-order valence-electron chi connectivity index (χ0n) is 15.3. The molecule has 0 saturated carbocycles. The Bertz CT molecular complexity index is 872. The van der Waals surface area contributed by atoms with Crippen LogP contribution in [0.3, 0.4) is 0 Å². The first-order valence-corrected chi connectivity index (χ1v) is 9.27. The molecular weight excluding hydrogens is 340 g/mol. The molecular formula is C21H22N4O2. The number of aromatic nitrogens is 1. The van der Waals surface area contributed by atoms with Gasteiger partial charge in [-0.2, -0.15) is 0 Å². The molecule has 0 N–H and O–H groups in total. The SMILES string of the molecule is CCN1C(=O)C(c2ccccc2)=C(N2CCN(c3ccccn3)CC2)C1=O. The molecule has 138 valence electrons. The summed E-state index contributed by atoms with van der Waals surface area (Å²) >= 11 is 0. The molecule has 0 aliphatic carbocycles. The largest absolute Gasteiger partial charge is 0.363 e. The number of likely N-dealkylation sites (N-methyl/N-ethyl adjacent to an activating group) is 1. The van der Waals surface area contributed by atoms with Crippen LogP contribution in [-0.4, -0.2) is 59.3 Å². The maximum Gasteiger partial charge on any atom is 0.277 e. The highest BCUT2D eigenvalue weighted by molar-refractivity contribution is 6.35. The van der Waals surface area contributed by atoms with Gasteiger partial charge in [-0.3, -0.25) is 14.5 Å².